The first-order valence-electron chi connectivity index (χ1n) is 10.9. The molecule has 2 aliphatic rings. The molecule has 166 valence electrons. The molecule has 0 radical (unpaired) electrons. The molecule has 1 aromatic heterocycles. The summed E-state index contributed by atoms with van der Waals surface area (Å²) < 4.78 is 4.71. The number of amides is 2. The molecule has 1 fully saturated rings. The van der Waals surface area contributed by atoms with Crippen LogP contribution in [0, 0.1) is 0 Å². The number of nitrogens with one attached hydrogen (secondary N) is 3. The number of methoxy groups -OCH3 is 1. The highest BCUT2D eigenvalue weighted by atomic mass is 16.5. The van der Waals surface area contributed by atoms with E-state index in [-0.39, 0.29) is 18.0 Å². The number of fused-ring (bicyclic) bond motifs is 4. The third kappa shape index (κ3) is 4.82. The third-order valence-electron chi connectivity index (χ3n) is 5.98. The summed E-state index contributed by atoms with van der Waals surface area (Å²) in [5.41, 5.74) is 9.21. The molecule has 0 spiro atoms. The predicted molar refractivity (Wildman–Crippen MR) is 119 cm³/mol. The molecule has 2 aromatic rings. The average molecular weight is 427 g/mol. The van der Waals surface area contributed by atoms with Crippen LogP contribution >= 0.6 is 0 Å². The number of rotatable bonds is 2. The van der Waals surface area contributed by atoms with Gasteiger partial charge in [-0.25, -0.2) is 9.78 Å². The molecule has 31 heavy (non-hydrogen) atoms. The summed E-state index contributed by atoms with van der Waals surface area (Å²) in [6.07, 6.45) is 6.71. The van der Waals surface area contributed by atoms with Gasteiger partial charge >= 0.3 is 6.09 Å². The van der Waals surface area contributed by atoms with Crippen LogP contribution in [0.1, 0.15) is 50.4 Å². The molecule has 2 bridgehead atoms. The standard InChI is InChI=1S/C22H30N6O3/c1-31-22(30)25-14-8-9-15-18(12-14)26-17(21(29)28-10-4-5-11-28)7-3-2-6-16(23)20-24-13-19(15)27-20/h8-9,12-13,16-17,26H,2-7,10-11,23H2,1H3,(H,24,27)(H,25,30)/t16-,17+/m0/s1. The zero-order chi connectivity index (χ0) is 21.8. The molecule has 2 aliphatic heterocycles. The quantitative estimate of drug-likeness (QED) is 0.584. The highest BCUT2D eigenvalue weighted by Gasteiger charge is 2.28. The number of nitrogens with two attached hydrogens (primary N) is 1. The van der Waals surface area contributed by atoms with Gasteiger partial charge in [-0.3, -0.25) is 10.1 Å². The zero-order valence-corrected chi connectivity index (χ0v) is 17.8. The minimum absolute atomic E-state index is 0.124. The Morgan fingerprint density at radius 2 is 1.97 bits per heavy atom. The van der Waals surface area contributed by atoms with Crippen molar-refractivity contribution in [1.82, 2.24) is 14.9 Å². The fourth-order valence-corrected chi connectivity index (χ4v) is 4.25. The predicted octanol–water partition coefficient (Wildman–Crippen LogP) is 3.23. The van der Waals surface area contributed by atoms with Crippen molar-refractivity contribution in [1.29, 1.82) is 0 Å². The molecule has 2 atom stereocenters. The Labute approximate surface area is 181 Å². The molecule has 1 aromatic carbocycles. The van der Waals surface area contributed by atoms with Crippen LogP contribution in [0.15, 0.2) is 24.4 Å². The summed E-state index contributed by atoms with van der Waals surface area (Å²) in [6.45, 7) is 1.61. The molecule has 0 aliphatic carbocycles. The van der Waals surface area contributed by atoms with Crippen molar-refractivity contribution < 1.29 is 14.3 Å². The average Bonchev–Trinajstić information content (AvgIpc) is 3.47. The maximum atomic E-state index is 13.3. The number of likely N-dealkylation sites (tertiary alicyclic amines) is 1. The van der Waals surface area contributed by atoms with Crippen LogP contribution < -0.4 is 16.4 Å². The molecule has 9 nitrogen and oxygen atoms in total. The van der Waals surface area contributed by atoms with E-state index < -0.39 is 6.09 Å². The van der Waals surface area contributed by atoms with Crippen molar-refractivity contribution in [2.45, 2.75) is 50.6 Å². The van der Waals surface area contributed by atoms with Crippen LogP contribution in [0.5, 0.6) is 0 Å². The van der Waals surface area contributed by atoms with E-state index in [4.69, 9.17) is 15.5 Å². The lowest BCUT2D eigenvalue weighted by Gasteiger charge is -2.26. The Morgan fingerprint density at radius 1 is 1.19 bits per heavy atom. The van der Waals surface area contributed by atoms with Gasteiger partial charge in [0.25, 0.3) is 0 Å². The Kier molecular flexibility index (Phi) is 6.41. The first-order chi connectivity index (χ1) is 15.0. The largest absolute Gasteiger partial charge is 0.453 e. The van der Waals surface area contributed by atoms with Crippen molar-refractivity contribution >= 4 is 23.4 Å². The van der Waals surface area contributed by atoms with Gasteiger partial charge in [-0.15, -0.1) is 0 Å². The monoisotopic (exact) mass is 426 g/mol. The maximum absolute atomic E-state index is 13.3. The number of aromatic amines is 1. The first kappa shape index (κ1) is 21.2. The SMILES string of the molecule is COC(=O)Nc1ccc2c(c1)N[C@@H](C(=O)N1CCCC1)CCCC[C@H](N)c1nc-2c[nH]1. The minimum Gasteiger partial charge on any atom is -0.453 e. The number of nitrogens with zero attached hydrogens (tertiary/aromatic N) is 2. The van der Waals surface area contributed by atoms with Crippen LogP contribution in [-0.2, 0) is 9.53 Å². The number of hydrogen-bond acceptors (Lipinski definition) is 6. The van der Waals surface area contributed by atoms with E-state index in [2.05, 4.69) is 15.6 Å². The third-order valence-corrected chi connectivity index (χ3v) is 5.98. The second kappa shape index (κ2) is 9.38. The number of benzene rings is 1. The van der Waals surface area contributed by atoms with E-state index in [1.165, 1.54) is 7.11 Å². The van der Waals surface area contributed by atoms with Gasteiger partial charge in [-0.2, -0.15) is 0 Å². The van der Waals surface area contributed by atoms with E-state index in [9.17, 15) is 9.59 Å². The normalized spacial score (nSPS) is 21.3. The highest BCUT2D eigenvalue weighted by Crippen LogP contribution is 2.33. The summed E-state index contributed by atoms with van der Waals surface area (Å²) in [5.74, 6) is 0.877. The topological polar surface area (TPSA) is 125 Å². The number of carbonyl (C=O) groups excluding carboxylic acids is 2. The molecule has 5 N–H and O–H groups in total. The van der Waals surface area contributed by atoms with Gasteiger partial charge in [-0.05, 0) is 43.9 Å². The van der Waals surface area contributed by atoms with Crippen molar-refractivity contribution in [3.63, 3.8) is 0 Å². The fraction of sp³-hybridized carbons (Fsp3) is 0.500. The highest BCUT2D eigenvalue weighted by molar-refractivity contribution is 5.90. The van der Waals surface area contributed by atoms with Gasteiger partial charge in [0.1, 0.15) is 11.9 Å². The van der Waals surface area contributed by atoms with Gasteiger partial charge in [0.2, 0.25) is 5.91 Å². The van der Waals surface area contributed by atoms with Gasteiger partial charge in [0.15, 0.2) is 0 Å². The molecular formula is C22H30N6O3. The Bertz CT molecular complexity index is 937. The summed E-state index contributed by atoms with van der Waals surface area (Å²) in [6, 6.07) is 4.96. The molecule has 3 heterocycles. The van der Waals surface area contributed by atoms with Crippen LogP contribution in [0.3, 0.4) is 0 Å². The number of ether oxygens (including phenoxy) is 1. The van der Waals surface area contributed by atoms with Crippen molar-refractivity contribution in [2.24, 2.45) is 5.73 Å². The summed E-state index contributed by atoms with van der Waals surface area (Å²) >= 11 is 0. The minimum atomic E-state index is -0.550. The number of H-pyrrole nitrogens is 1. The van der Waals surface area contributed by atoms with E-state index in [0.717, 1.165) is 74.4 Å². The lowest BCUT2D eigenvalue weighted by molar-refractivity contribution is -0.131. The van der Waals surface area contributed by atoms with Gasteiger partial charge in [0.05, 0.1) is 18.8 Å². The maximum Gasteiger partial charge on any atom is 0.411 e. The number of imidazole rings is 1. The molecule has 1 saturated heterocycles. The first-order valence-corrected chi connectivity index (χ1v) is 10.9. The van der Waals surface area contributed by atoms with Crippen LogP contribution in [0.4, 0.5) is 16.2 Å². The molecular weight excluding hydrogens is 396 g/mol. The van der Waals surface area contributed by atoms with E-state index in [1.54, 1.807) is 6.07 Å². The Hall–Kier alpha value is -3.07. The van der Waals surface area contributed by atoms with Gasteiger partial charge < -0.3 is 25.7 Å². The number of aromatic nitrogens is 2. The summed E-state index contributed by atoms with van der Waals surface area (Å²) in [7, 11) is 1.32. The van der Waals surface area contributed by atoms with Crippen LogP contribution in [-0.4, -0.2) is 53.1 Å². The lowest BCUT2D eigenvalue weighted by atomic mass is 10.0. The molecule has 9 heteroatoms. The van der Waals surface area contributed by atoms with Gasteiger partial charge in [-0.1, -0.05) is 12.8 Å². The second-order valence-corrected chi connectivity index (χ2v) is 8.17. The van der Waals surface area contributed by atoms with Crippen LogP contribution in [0.2, 0.25) is 0 Å². The van der Waals surface area contributed by atoms with E-state index in [0.29, 0.717) is 5.69 Å². The van der Waals surface area contributed by atoms with E-state index >= 15 is 0 Å². The molecule has 0 saturated carbocycles. The van der Waals surface area contributed by atoms with Crippen LogP contribution in [0.25, 0.3) is 11.3 Å². The van der Waals surface area contributed by atoms with Gasteiger partial charge in [0, 0.05) is 36.2 Å². The molecule has 2 amide bonds. The van der Waals surface area contributed by atoms with Crippen molar-refractivity contribution in [3.05, 3.63) is 30.2 Å². The summed E-state index contributed by atoms with van der Waals surface area (Å²) in [4.78, 5) is 34.8. The Balaban J connectivity index is 1.71. The number of carbonyl (C=O) groups is 2. The summed E-state index contributed by atoms with van der Waals surface area (Å²) in [5, 5.41) is 6.16. The number of hydrogen-bond donors (Lipinski definition) is 4. The molecule has 0 unspecified atom stereocenters. The molecule has 4 rings (SSSR count). The number of anilines is 2. The zero-order valence-electron chi connectivity index (χ0n) is 17.8. The van der Waals surface area contributed by atoms with Crippen molar-refractivity contribution in [3.8, 4) is 11.3 Å². The second-order valence-electron chi connectivity index (χ2n) is 8.17. The fourth-order valence-electron chi connectivity index (χ4n) is 4.25. The Morgan fingerprint density at radius 3 is 2.74 bits per heavy atom. The van der Waals surface area contributed by atoms with Crippen molar-refractivity contribution in [2.75, 3.05) is 30.8 Å². The smallest absolute Gasteiger partial charge is 0.411 e. The lowest BCUT2D eigenvalue weighted by Crippen LogP contribution is -2.41. The van der Waals surface area contributed by atoms with E-state index in [1.807, 2.05) is 23.2 Å².